The Morgan fingerprint density at radius 3 is 1.81 bits per heavy atom. The molecule has 4 heterocycles. The Kier molecular flexibility index (Phi) is 9.65. The van der Waals surface area contributed by atoms with Gasteiger partial charge in [-0.05, 0) is 61.0 Å². The van der Waals surface area contributed by atoms with Gasteiger partial charge in [-0.25, -0.2) is 29.1 Å². The third-order valence-electron chi connectivity index (χ3n) is 8.54. The van der Waals surface area contributed by atoms with Crippen molar-refractivity contribution in [1.29, 1.82) is 0 Å². The Hall–Kier alpha value is -6.11. The average Bonchev–Trinajstić information content (AvgIpc) is 3.99. The second kappa shape index (κ2) is 14.4. The van der Waals surface area contributed by atoms with Gasteiger partial charge in [0.05, 0.1) is 34.9 Å². The van der Waals surface area contributed by atoms with E-state index in [4.69, 9.17) is 25.2 Å². The molecule has 54 heavy (non-hydrogen) atoms. The first kappa shape index (κ1) is 36.3. The molecule has 2 N–H and O–H groups in total. The number of ether oxygens (including phenoxy) is 1. The number of methoxy groups -OCH3 is 1. The smallest absolute Gasteiger partial charge is 0.399 e. The molecule has 0 spiro atoms. The van der Waals surface area contributed by atoms with E-state index in [1.54, 1.807) is 30.3 Å². The summed E-state index contributed by atoms with van der Waals surface area (Å²) in [6.07, 6.45) is 5.97. The summed E-state index contributed by atoms with van der Waals surface area (Å²) < 4.78 is 79.4. The molecule has 2 fully saturated rings. The molecular weight excluding hydrogens is 743 g/mol. The van der Waals surface area contributed by atoms with Crippen molar-refractivity contribution < 1.29 is 40.3 Å². The van der Waals surface area contributed by atoms with Crippen molar-refractivity contribution in [3.8, 4) is 22.9 Å². The molecule has 2 aromatic carbocycles. The van der Waals surface area contributed by atoms with Gasteiger partial charge in [0.2, 0.25) is 11.9 Å². The predicted octanol–water partition coefficient (Wildman–Crippen LogP) is 7.41. The van der Waals surface area contributed by atoms with Gasteiger partial charge in [-0.15, -0.1) is 20.4 Å². The van der Waals surface area contributed by atoms with Crippen LogP contribution in [0.4, 0.5) is 33.8 Å². The van der Waals surface area contributed by atoms with E-state index in [1.165, 1.54) is 38.0 Å². The number of aromatic nitrogens is 8. The highest BCUT2D eigenvalue weighted by atomic mass is 35.5. The number of nitrogens with one attached hydrogen (secondary N) is 2. The van der Waals surface area contributed by atoms with E-state index in [0.717, 1.165) is 31.2 Å². The maximum Gasteiger partial charge on any atom is 0.399 e. The first-order chi connectivity index (χ1) is 25.9. The van der Waals surface area contributed by atoms with Crippen molar-refractivity contribution in [3.63, 3.8) is 0 Å². The number of carbonyl (C=O) groups excluding carboxylic acids is 1. The molecule has 14 nitrogen and oxygen atoms in total. The summed E-state index contributed by atoms with van der Waals surface area (Å²) in [4.78, 5) is 28.2. The van der Waals surface area contributed by atoms with Gasteiger partial charge in [0.1, 0.15) is 5.82 Å². The summed E-state index contributed by atoms with van der Waals surface area (Å²) in [5, 5.41) is 16.2. The topological polar surface area (TPSA) is 180 Å². The molecule has 0 aliphatic heterocycles. The number of benzene rings is 2. The zero-order valence-electron chi connectivity index (χ0n) is 27.8. The highest BCUT2D eigenvalue weighted by Crippen LogP contribution is 2.49. The molecule has 2 aliphatic rings. The fourth-order valence-electron chi connectivity index (χ4n) is 5.42. The summed E-state index contributed by atoms with van der Waals surface area (Å²) in [5.41, 5.74) is 1.80. The molecular formula is C34H26ClF5N10O4. The summed E-state index contributed by atoms with van der Waals surface area (Å²) in [5.74, 6) is -2.03. The molecule has 0 radical (unpaired) electrons. The van der Waals surface area contributed by atoms with Gasteiger partial charge in [-0.1, -0.05) is 30.3 Å². The lowest BCUT2D eigenvalue weighted by Crippen LogP contribution is -2.21. The zero-order valence-corrected chi connectivity index (χ0v) is 28.6. The van der Waals surface area contributed by atoms with Crippen molar-refractivity contribution in [2.75, 3.05) is 17.7 Å². The first-order valence-corrected chi connectivity index (χ1v) is 16.4. The molecule has 0 saturated heterocycles. The SMILES string of the molecule is COC(=O)c1ccc(C2(Nc3ncc(-c4nnc(C(F)F)o4)cn3)CC2)cc1.Fc1ccccc1C1(Nc2ncc(-c3nnc(C(F)(F)Cl)o3)cn2)CC1. The highest BCUT2D eigenvalue weighted by Gasteiger charge is 2.47. The number of rotatable bonds is 11. The van der Waals surface area contributed by atoms with Crippen LogP contribution in [0.15, 0.2) is 82.2 Å². The van der Waals surface area contributed by atoms with Gasteiger partial charge in [0, 0.05) is 30.4 Å². The number of carbonyl (C=O) groups is 1. The summed E-state index contributed by atoms with van der Waals surface area (Å²) in [6, 6.07) is 13.7. The first-order valence-electron chi connectivity index (χ1n) is 16.1. The summed E-state index contributed by atoms with van der Waals surface area (Å²) >= 11 is 4.83. The number of halogens is 6. The van der Waals surface area contributed by atoms with Crippen LogP contribution in [0.2, 0.25) is 0 Å². The van der Waals surface area contributed by atoms with Gasteiger partial charge >= 0.3 is 23.7 Å². The van der Waals surface area contributed by atoms with Gasteiger partial charge in [0.15, 0.2) is 0 Å². The molecule has 278 valence electrons. The van der Waals surface area contributed by atoms with Crippen LogP contribution in [0, 0.1) is 5.82 Å². The lowest BCUT2D eigenvalue weighted by molar-refractivity contribution is 0.0599. The Morgan fingerprint density at radius 2 is 1.33 bits per heavy atom. The molecule has 0 amide bonds. The number of alkyl halides is 5. The normalized spacial score (nSPS) is 15.2. The molecule has 0 unspecified atom stereocenters. The second-order valence-corrected chi connectivity index (χ2v) is 12.7. The minimum atomic E-state index is -3.74. The van der Waals surface area contributed by atoms with Crippen LogP contribution in [0.3, 0.4) is 0 Å². The van der Waals surface area contributed by atoms with Crippen molar-refractivity contribution in [1.82, 2.24) is 40.3 Å². The van der Waals surface area contributed by atoms with Crippen molar-refractivity contribution >= 4 is 29.5 Å². The Morgan fingerprint density at radius 1 is 0.796 bits per heavy atom. The van der Waals surface area contributed by atoms with E-state index in [2.05, 4.69) is 51.0 Å². The minimum absolute atomic E-state index is 0.0682. The van der Waals surface area contributed by atoms with E-state index < -0.39 is 29.1 Å². The van der Waals surface area contributed by atoms with Crippen LogP contribution in [0.5, 0.6) is 0 Å². The fraction of sp³-hybridized carbons (Fsp3) is 0.265. The van der Waals surface area contributed by atoms with E-state index in [-0.39, 0.29) is 40.6 Å². The summed E-state index contributed by atoms with van der Waals surface area (Å²) in [6.45, 7) is 0. The molecule has 2 saturated carbocycles. The summed E-state index contributed by atoms with van der Waals surface area (Å²) in [7, 11) is 1.34. The number of esters is 1. The van der Waals surface area contributed by atoms with E-state index in [9.17, 15) is 26.7 Å². The average molecular weight is 769 g/mol. The van der Waals surface area contributed by atoms with Gasteiger partial charge in [-0.2, -0.15) is 17.6 Å². The van der Waals surface area contributed by atoms with Crippen molar-refractivity contribution in [3.05, 3.63) is 108 Å². The van der Waals surface area contributed by atoms with Crippen LogP contribution in [-0.4, -0.2) is 53.4 Å². The van der Waals surface area contributed by atoms with Crippen LogP contribution < -0.4 is 10.6 Å². The standard InChI is InChI=1S/C18H15F2N5O3.C16H11ClF3N5O/c1-27-16(26)10-2-4-12(5-3-10)18(6-7-18)23-17-21-8-11(9-22-17)14-24-25-15(28-14)13(19)20;17-16(19,20)13-25-24-12(26-13)9-7-21-14(22-8-9)23-15(5-6-15)10-3-1-2-4-11(10)18/h2-5,8-9,13H,6-7H2,1H3,(H,21,22,23);1-4,7-8H,5-6H2,(H,21,22,23). The maximum absolute atomic E-state index is 14.0. The van der Waals surface area contributed by atoms with E-state index in [1.807, 2.05) is 12.1 Å². The molecule has 20 heteroatoms. The molecule has 4 aromatic heterocycles. The Balaban J connectivity index is 0.000000167. The van der Waals surface area contributed by atoms with E-state index >= 15 is 0 Å². The van der Waals surface area contributed by atoms with Gasteiger partial charge < -0.3 is 24.2 Å². The Labute approximate surface area is 306 Å². The van der Waals surface area contributed by atoms with Crippen LogP contribution in [-0.2, 0) is 21.2 Å². The number of anilines is 2. The van der Waals surface area contributed by atoms with Crippen molar-refractivity contribution in [2.24, 2.45) is 0 Å². The third-order valence-corrected chi connectivity index (χ3v) is 8.70. The minimum Gasteiger partial charge on any atom is -0.465 e. The van der Waals surface area contributed by atoms with Crippen LogP contribution in [0.1, 0.15) is 65.4 Å². The quantitative estimate of drug-likeness (QED) is 0.0756. The van der Waals surface area contributed by atoms with Crippen molar-refractivity contribution in [2.45, 2.75) is 48.6 Å². The Bertz CT molecular complexity index is 2240. The van der Waals surface area contributed by atoms with Crippen LogP contribution >= 0.6 is 11.6 Å². The fourth-order valence-corrected chi connectivity index (χ4v) is 5.49. The third kappa shape index (κ3) is 7.80. The highest BCUT2D eigenvalue weighted by molar-refractivity contribution is 6.21. The van der Waals surface area contributed by atoms with Gasteiger partial charge in [-0.3, -0.25) is 0 Å². The lowest BCUT2D eigenvalue weighted by atomic mass is 10.0. The second-order valence-electron chi connectivity index (χ2n) is 12.2. The zero-order chi connectivity index (χ0) is 38.1. The van der Waals surface area contributed by atoms with Gasteiger partial charge in [0.25, 0.3) is 17.7 Å². The lowest BCUT2D eigenvalue weighted by Gasteiger charge is -2.18. The molecule has 6 aromatic rings. The number of hydrogen-bond acceptors (Lipinski definition) is 14. The molecule has 8 rings (SSSR count). The number of nitrogens with zero attached hydrogens (tertiary/aromatic N) is 8. The van der Waals surface area contributed by atoms with Crippen LogP contribution in [0.25, 0.3) is 22.9 Å². The maximum atomic E-state index is 14.0. The predicted molar refractivity (Wildman–Crippen MR) is 179 cm³/mol. The van der Waals surface area contributed by atoms with E-state index in [0.29, 0.717) is 22.6 Å². The molecule has 0 bridgehead atoms. The molecule has 0 atom stereocenters. The molecule has 2 aliphatic carbocycles. The largest absolute Gasteiger partial charge is 0.465 e. The monoisotopic (exact) mass is 768 g/mol. The number of hydrogen-bond donors (Lipinski definition) is 2.